The Kier molecular flexibility index (Phi) is 6.00. The first-order chi connectivity index (χ1) is 22.3. The first-order valence-electron chi connectivity index (χ1n) is 15.0. The molecule has 0 bridgehead atoms. The SMILES string of the molecule is c1ccc(-c2ccc(-c3nc(-c4cccc(-c5nc6ccccc6c6c5sc5ccccc56)c4)nc4ccccc34)cc2)cc1. The summed E-state index contributed by atoms with van der Waals surface area (Å²) in [5.41, 5.74) is 9.30. The Bertz CT molecular complexity index is 2530. The highest BCUT2D eigenvalue weighted by Gasteiger charge is 2.17. The molecule has 9 aromatic rings. The quantitative estimate of drug-likeness (QED) is 0.204. The fraction of sp³-hybridized carbons (Fsp3) is 0. The van der Waals surface area contributed by atoms with Crippen LogP contribution in [0.3, 0.4) is 0 Å². The van der Waals surface area contributed by atoms with Crippen molar-refractivity contribution in [3.63, 3.8) is 0 Å². The van der Waals surface area contributed by atoms with Gasteiger partial charge in [-0.2, -0.15) is 0 Å². The maximum Gasteiger partial charge on any atom is 0.160 e. The van der Waals surface area contributed by atoms with Gasteiger partial charge in [-0.15, -0.1) is 11.3 Å². The highest BCUT2D eigenvalue weighted by atomic mass is 32.1. The number of hydrogen-bond acceptors (Lipinski definition) is 4. The molecule has 0 fully saturated rings. The molecule has 0 N–H and O–H groups in total. The molecule has 0 amide bonds. The van der Waals surface area contributed by atoms with Crippen LogP contribution in [0.25, 0.3) is 87.0 Å². The fourth-order valence-electron chi connectivity index (χ4n) is 6.31. The van der Waals surface area contributed by atoms with Crippen molar-refractivity contribution in [2.45, 2.75) is 0 Å². The molecule has 4 heteroatoms. The molecule has 0 atom stereocenters. The third kappa shape index (κ3) is 4.38. The van der Waals surface area contributed by atoms with E-state index in [0.717, 1.165) is 44.5 Å². The summed E-state index contributed by atoms with van der Waals surface area (Å²) in [7, 11) is 0. The minimum atomic E-state index is 0.700. The van der Waals surface area contributed by atoms with Gasteiger partial charge in [0.2, 0.25) is 0 Å². The van der Waals surface area contributed by atoms with E-state index < -0.39 is 0 Å². The van der Waals surface area contributed by atoms with Crippen molar-refractivity contribution in [3.05, 3.63) is 152 Å². The third-order valence-corrected chi connectivity index (χ3v) is 9.66. The highest BCUT2D eigenvalue weighted by molar-refractivity contribution is 7.26. The Labute approximate surface area is 264 Å². The van der Waals surface area contributed by atoms with E-state index >= 15 is 0 Å². The van der Waals surface area contributed by atoms with Gasteiger partial charge in [0.15, 0.2) is 5.82 Å². The van der Waals surface area contributed by atoms with Crippen LogP contribution in [0.5, 0.6) is 0 Å². The largest absolute Gasteiger partial charge is 0.246 e. The number of aromatic nitrogens is 3. The van der Waals surface area contributed by atoms with E-state index in [1.807, 2.05) is 12.1 Å². The molecule has 9 rings (SSSR count). The average Bonchev–Trinajstić information content (AvgIpc) is 3.51. The summed E-state index contributed by atoms with van der Waals surface area (Å²) in [5.74, 6) is 0.700. The minimum Gasteiger partial charge on any atom is -0.246 e. The van der Waals surface area contributed by atoms with Gasteiger partial charge in [-0.25, -0.2) is 15.0 Å². The second-order valence-corrected chi connectivity index (χ2v) is 12.3. The van der Waals surface area contributed by atoms with Crippen LogP contribution in [0.15, 0.2) is 152 Å². The molecule has 0 saturated heterocycles. The lowest BCUT2D eigenvalue weighted by atomic mass is 10.0. The zero-order valence-corrected chi connectivity index (χ0v) is 25.0. The van der Waals surface area contributed by atoms with E-state index in [0.29, 0.717) is 5.82 Å². The predicted octanol–water partition coefficient (Wildman–Crippen LogP) is 11.2. The Morgan fingerprint density at radius 1 is 0.378 bits per heavy atom. The number of benzene rings is 6. The molecular formula is C41H25N3S. The second-order valence-electron chi connectivity index (χ2n) is 11.2. The molecule has 210 valence electrons. The van der Waals surface area contributed by atoms with Gasteiger partial charge >= 0.3 is 0 Å². The van der Waals surface area contributed by atoms with Gasteiger partial charge in [0.1, 0.15) is 0 Å². The molecule has 0 saturated carbocycles. The lowest BCUT2D eigenvalue weighted by molar-refractivity contribution is 1.23. The zero-order chi connectivity index (χ0) is 29.7. The standard InChI is InChI=1S/C41H25N3S/c1-2-11-26(12-3-1)27-21-23-28(24-22-27)38-32-16-5-8-19-35(32)43-41(44-38)30-14-10-13-29(25-30)39-40-37(31-15-4-7-18-34(31)42-39)33-17-6-9-20-36(33)45-40/h1-25H. The van der Waals surface area contributed by atoms with Gasteiger partial charge in [0.25, 0.3) is 0 Å². The Balaban J connectivity index is 1.21. The van der Waals surface area contributed by atoms with Gasteiger partial charge < -0.3 is 0 Å². The van der Waals surface area contributed by atoms with E-state index in [4.69, 9.17) is 15.0 Å². The second kappa shape index (κ2) is 10.5. The van der Waals surface area contributed by atoms with Crippen LogP contribution in [0.4, 0.5) is 0 Å². The number of hydrogen-bond donors (Lipinski definition) is 0. The number of thiophene rings is 1. The van der Waals surface area contributed by atoms with Crippen molar-refractivity contribution in [2.75, 3.05) is 0 Å². The summed E-state index contributed by atoms with van der Waals surface area (Å²) in [4.78, 5) is 15.5. The molecule has 0 unspecified atom stereocenters. The molecule has 45 heavy (non-hydrogen) atoms. The zero-order valence-electron chi connectivity index (χ0n) is 24.2. The van der Waals surface area contributed by atoms with Crippen molar-refractivity contribution < 1.29 is 0 Å². The lowest BCUT2D eigenvalue weighted by Gasteiger charge is -2.12. The van der Waals surface area contributed by atoms with Crippen LogP contribution in [-0.2, 0) is 0 Å². The topological polar surface area (TPSA) is 38.7 Å². The number of nitrogens with zero attached hydrogens (tertiary/aromatic N) is 3. The first kappa shape index (κ1) is 25.8. The minimum absolute atomic E-state index is 0.700. The summed E-state index contributed by atoms with van der Waals surface area (Å²) in [6.07, 6.45) is 0. The highest BCUT2D eigenvalue weighted by Crippen LogP contribution is 2.43. The Morgan fingerprint density at radius 2 is 0.978 bits per heavy atom. The van der Waals surface area contributed by atoms with E-state index in [2.05, 4.69) is 140 Å². The maximum absolute atomic E-state index is 5.22. The fourth-order valence-corrected chi connectivity index (χ4v) is 7.54. The molecule has 3 heterocycles. The van der Waals surface area contributed by atoms with E-state index in [9.17, 15) is 0 Å². The lowest BCUT2D eigenvalue weighted by Crippen LogP contribution is -1.96. The number of rotatable bonds is 4. The first-order valence-corrected chi connectivity index (χ1v) is 15.9. The van der Waals surface area contributed by atoms with Gasteiger partial charge in [0.05, 0.1) is 27.1 Å². The smallest absolute Gasteiger partial charge is 0.160 e. The van der Waals surface area contributed by atoms with Crippen LogP contribution in [0.1, 0.15) is 0 Å². The summed E-state index contributed by atoms with van der Waals surface area (Å²) in [6.45, 7) is 0. The Morgan fingerprint density at radius 3 is 1.80 bits per heavy atom. The molecule has 0 aliphatic rings. The van der Waals surface area contributed by atoms with Crippen LogP contribution < -0.4 is 0 Å². The number of pyridine rings is 1. The maximum atomic E-state index is 5.22. The van der Waals surface area contributed by atoms with Crippen LogP contribution >= 0.6 is 11.3 Å². The van der Waals surface area contributed by atoms with Crippen molar-refractivity contribution in [3.8, 4) is 45.0 Å². The normalized spacial score (nSPS) is 11.6. The van der Waals surface area contributed by atoms with Crippen molar-refractivity contribution in [1.29, 1.82) is 0 Å². The summed E-state index contributed by atoms with van der Waals surface area (Å²) >= 11 is 1.81. The van der Waals surface area contributed by atoms with Crippen molar-refractivity contribution in [2.24, 2.45) is 0 Å². The molecule has 0 spiro atoms. The summed E-state index contributed by atoms with van der Waals surface area (Å²) < 4.78 is 2.47. The van der Waals surface area contributed by atoms with Gasteiger partial charge in [-0.1, -0.05) is 127 Å². The summed E-state index contributed by atoms with van der Waals surface area (Å²) in [6, 6.07) is 53.0. The number of para-hydroxylation sites is 2. The molecule has 0 radical (unpaired) electrons. The van der Waals surface area contributed by atoms with Crippen molar-refractivity contribution in [1.82, 2.24) is 15.0 Å². The summed E-state index contributed by atoms with van der Waals surface area (Å²) in [5, 5.41) is 4.76. The molecule has 3 aromatic heterocycles. The molecule has 3 nitrogen and oxygen atoms in total. The predicted molar refractivity (Wildman–Crippen MR) is 189 cm³/mol. The molecule has 0 aliphatic carbocycles. The van der Waals surface area contributed by atoms with Gasteiger partial charge in [-0.05, 0) is 35.4 Å². The van der Waals surface area contributed by atoms with E-state index in [1.165, 1.54) is 36.7 Å². The van der Waals surface area contributed by atoms with Crippen LogP contribution in [0.2, 0.25) is 0 Å². The van der Waals surface area contributed by atoms with E-state index in [-0.39, 0.29) is 0 Å². The molecule has 0 aliphatic heterocycles. The van der Waals surface area contributed by atoms with Gasteiger partial charge in [-0.3, -0.25) is 0 Å². The Hall–Kier alpha value is -5.71. The molecule has 6 aromatic carbocycles. The van der Waals surface area contributed by atoms with Crippen LogP contribution in [-0.4, -0.2) is 15.0 Å². The van der Waals surface area contributed by atoms with E-state index in [1.54, 1.807) is 11.3 Å². The van der Waals surface area contributed by atoms with Crippen molar-refractivity contribution >= 4 is 53.3 Å². The monoisotopic (exact) mass is 591 g/mol. The van der Waals surface area contributed by atoms with Gasteiger partial charge in [0, 0.05) is 42.9 Å². The van der Waals surface area contributed by atoms with Crippen LogP contribution in [0, 0.1) is 0 Å². The number of fused-ring (bicyclic) bond motifs is 6. The third-order valence-electron chi connectivity index (χ3n) is 8.48. The average molecular weight is 592 g/mol. The molecular weight excluding hydrogens is 567 g/mol.